The largest absolute Gasteiger partial charge is 0.459 e. The molecule has 6 N–H and O–H groups in total. The van der Waals surface area contributed by atoms with Crippen LogP contribution in [0.1, 0.15) is 93.1 Å². The number of carbonyl (C=O) groups excluding carboxylic acids is 3. The van der Waals surface area contributed by atoms with Gasteiger partial charge < -0.3 is 59.6 Å². The van der Waals surface area contributed by atoms with Gasteiger partial charge in [-0.05, 0) is 71.9 Å². The van der Waals surface area contributed by atoms with E-state index in [-0.39, 0.29) is 38.3 Å². The zero-order chi connectivity index (χ0) is 42.1. The third-order valence-corrected chi connectivity index (χ3v) is 11.7. The van der Waals surface area contributed by atoms with Crippen LogP contribution in [0.25, 0.3) is 0 Å². The summed E-state index contributed by atoms with van der Waals surface area (Å²) in [6, 6.07) is 7.78. The number of nitrogens with zero attached hydrogens (tertiary/aromatic N) is 2. The standard InChI is InChI=1S/C41H69N3O12/c1-11-16-29-35(48)41(8,52)31(12-2)55-37(49)27(6)33(46)26(5)36(40(7,51)20-24(3)22-43(29)9)56-38-34(47)30(19-25(4)54-38)44(10)32(45)21-42-39(50)53-23-28-17-14-13-15-18-28/h13-15,17-18,24-27,29-31,33-36,38,46-48,51-52H,11-12,16,19-23H2,1-10H3,(H,42,50)/t24-,25-,26+,27-,29-,30+,31-,33+,34-,35-,36-,38+,40-,41-/m1/s1. The lowest BCUT2D eigenvalue weighted by Crippen LogP contribution is -2.60. The summed E-state index contributed by atoms with van der Waals surface area (Å²) in [5.74, 6) is -3.58. The highest BCUT2D eigenvalue weighted by Gasteiger charge is 2.50. The van der Waals surface area contributed by atoms with Crippen LogP contribution in [-0.4, -0.2) is 147 Å². The number of hydrogen-bond donors (Lipinski definition) is 6. The molecule has 2 heterocycles. The number of amides is 2. The van der Waals surface area contributed by atoms with E-state index in [1.165, 1.54) is 25.8 Å². The second-order valence-corrected chi connectivity index (χ2v) is 16.7. The molecule has 15 nitrogen and oxygen atoms in total. The Labute approximate surface area is 332 Å². The molecule has 0 aromatic heterocycles. The van der Waals surface area contributed by atoms with Crippen molar-refractivity contribution >= 4 is 18.0 Å². The van der Waals surface area contributed by atoms with Crippen molar-refractivity contribution in [3.05, 3.63) is 35.9 Å². The fourth-order valence-electron chi connectivity index (χ4n) is 8.38. The smallest absolute Gasteiger partial charge is 0.407 e. The van der Waals surface area contributed by atoms with Crippen molar-refractivity contribution in [2.75, 3.05) is 27.2 Å². The lowest BCUT2D eigenvalue weighted by atomic mass is 9.78. The van der Waals surface area contributed by atoms with Crippen LogP contribution in [0, 0.1) is 17.8 Å². The number of cyclic esters (lactones) is 1. The average molecular weight is 796 g/mol. The summed E-state index contributed by atoms with van der Waals surface area (Å²) in [7, 11) is 3.34. The van der Waals surface area contributed by atoms with E-state index in [1.807, 2.05) is 44.0 Å². The molecule has 56 heavy (non-hydrogen) atoms. The maximum absolute atomic E-state index is 13.6. The van der Waals surface area contributed by atoms with Crippen LogP contribution in [0.4, 0.5) is 4.79 Å². The molecule has 320 valence electrons. The molecule has 0 radical (unpaired) electrons. The summed E-state index contributed by atoms with van der Waals surface area (Å²) in [5.41, 5.74) is -2.68. The number of rotatable bonds is 10. The number of esters is 1. The molecule has 0 spiro atoms. The SMILES string of the molecule is CCC[C@@H]1[C@@H](O)[C@](C)(O)[C@@H](CC)OC(=O)[C@H](C)[C@@H](O)[C@H](C)[C@@H](O[C@@H]2O[C@H](C)C[C@H](N(C)C(=O)CNC(=O)OCc3ccccc3)[C@H]2O)[C@](C)(O)C[C@@H](C)CN1C. The molecule has 0 aliphatic carbocycles. The molecular weight excluding hydrogens is 726 g/mol. The summed E-state index contributed by atoms with van der Waals surface area (Å²) in [6.07, 6.45) is -7.21. The number of benzene rings is 1. The number of aliphatic hydroxyl groups is 5. The van der Waals surface area contributed by atoms with Crippen molar-refractivity contribution in [3.8, 4) is 0 Å². The number of likely N-dealkylation sites (N-methyl/N-ethyl adjacent to an activating group) is 2. The van der Waals surface area contributed by atoms with E-state index in [9.17, 15) is 39.9 Å². The summed E-state index contributed by atoms with van der Waals surface area (Å²) < 4.78 is 23.6. The number of hydrogen-bond acceptors (Lipinski definition) is 13. The van der Waals surface area contributed by atoms with Crippen LogP contribution >= 0.6 is 0 Å². The monoisotopic (exact) mass is 795 g/mol. The molecule has 0 bridgehead atoms. The second-order valence-electron chi connectivity index (χ2n) is 16.7. The number of nitrogens with one attached hydrogen (secondary N) is 1. The van der Waals surface area contributed by atoms with Gasteiger partial charge in [-0.15, -0.1) is 0 Å². The Kier molecular flexibility index (Phi) is 17.5. The maximum atomic E-state index is 13.6. The van der Waals surface area contributed by atoms with Gasteiger partial charge in [-0.3, -0.25) is 9.59 Å². The first-order valence-electron chi connectivity index (χ1n) is 20.1. The Morgan fingerprint density at radius 2 is 1.68 bits per heavy atom. The Hall–Kier alpha value is -2.89. The quantitative estimate of drug-likeness (QED) is 0.189. The minimum absolute atomic E-state index is 0.0310. The first-order chi connectivity index (χ1) is 26.2. The third kappa shape index (κ3) is 12.1. The molecule has 2 aliphatic rings. The van der Waals surface area contributed by atoms with E-state index in [2.05, 4.69) is 5.32 Å². The highest BCUT2D eigenvalue weighted by molar-refractivity contribution is 5.82. The third-order valence-electron chi connectivity index (χ3n) is 11.7. The molecule has 2 amide bonds. The summed E-state index contributed by atoms with van der Waals surface area (Å²) in [5, 5.41) is 61.3. The van der Waals surface area contributed by atoms with Gasteiger partial charge in [-0.2, -0.15) is 0 Å². The molecule has 3 rings (SSSR count). The fraction of sp³-hybridized carbons (Fsp3) is 0.780. The van der Waals surface area contributed by atoms with E-state index in [0.717, 1.165) is 5.56 Å². The normalized spacial score (nSPS) is 38.1. The van der Waals surface area contributed by atoms with E-state index in [4.69, 9.17) is 18.9 Å². The molecule has 1 aromatic carbocycles. The number of alkyl carbamates (subject to hydrolysis) is 1. The van der Waals surface area contributed by atoms with Gasteiger partial charge in [0.2, 0.25) is 5.91 Å². The zero-order valence-corrected chi connectivity index (χ0v) is 35.0. The molecule has 0 unspecified atom stereocenters. The van der Waals surface area contributed by atoms with E-state index >= 15 is 0 Å². The Bertz CT molecular complexity index is 1400. The van der Waals surface area contributed by atoms with Gasteiger partial charge in [0.25, 0.3) is 0 Å². The van der Waals surface area contributed by atoms with Crippen LogP contribution in [0.5, 0.6) is 0 Å². The minimum atomic E-state index is -1.81. The molecule has 2 saturated heterocycles. The summed E-state index contributed by atoms with van der Waals surface area (Å²) in [4.78, 5) is 42.5. The van der Waals surface area contributed by atoms with Crippen molar-refractivity contribution in [3.63, 3.8) is 0 Å². The van der Waals surface area contributed by atoms with Crippen LogP contribution < -0.4 is 5.32 Å². The molecule has 2 aliphatic heterocycles. The molecule has 15 heteroatoms. The van der Waals surface area contributed by atoms with Gasteiger partial charge >= 0.3 is 12.1 Å². The van der Waals surface area contributed by atoms with Crippen molar-refractivity contribution in [1.29, 1.82) is 0 Å². The van der Waals surface area contributed by atoms with Crippen molar-refractivity contribution in [2.24, 2.45) is 17.8 Å². The van der Waals surface area contributed by atoms with Gasteiger partial charge in [0, 0.05) is 25.6 Å². The van der Waals surface area contributed by atoms with Gasteiger partial charge in [0.05, 0.1) is 35.9 Å². The Morgan fingerprint density at radius 1 is 1.04 bits per heavy atom. The predicted octanol–water partition coefficient (Wildman–Crippen LogP) is 2.58. The average Bonchev–Trinajstić information content (AvgIpc) is 3.15. The molecule has 2 fully saturated rings. The number of ether oxygens (including phenoxy) is 4. The minimum Gasteiger partial charge on any atom is -0.459 e. The second kappa shape index (κ2) is 20.7. The van der Waals surface area contributed by atoms with Crippen LogP contribution in [0.2, 0.25) is 0 Å². The lowest BCUT2D eigenvalue weighted by Gasteiger charge is -2.47. The van der Waals surface area contributed by atoms with Gasteiger partial charge in [0.15, 0.2) is 6.29 Å². The molecular formula is C41H69N3O12. The first kappa shape index (κ1) is 47.5. The summed E-state index contributed by atoms with van der Waals surface area (Å²) >= 11 is 0. The van der Waals surface area contributed by atoms with Crippen molar-refractivity contribution in [2.45, 2.75) is 160 Å². The summed E-state index contributed by atoms with van der Waals surface area (Å²) in [6.45, 7) is 13.6. The van der Waals surface area contributed by atoms with Crippen LogP contribution in [0.3, 0.4) is 0 Å². The van der Waals surface area contributed by atoms with Gasteiger partial charge in [0.1, 0.15) is 37.1 Å². The number of aliphatic hydroxyl groups excluding tert-OH is 3. The number of carbonyl (C=O) groups is 3. The maximum Gasteiger partial charge on any atom is 0.407 e. The lowest BCUT2D eigenvalue weighted by molar-refractivity contribution is -0.298. The highest BCUT2D eigenvalue weighted by atomic mass is 16.7. The van der Waals surface area contributed by atoms with Gasteiger partial charge in [-0.25, -0.2) is 4.79 Å². The van der Waals surface area contributed by atoms with Crippen LogP contribution in [-0.2, 0) is 35.1 Å². The highest BCUT2D eigenvalue weighted by Crippen LogP contribution is 2.37. The Morgan fingerprint density at radius 3 is 2.29 bits per heavy atom. The van der Waals surface area contributed by atoms with E-state index in [1.54, 1.807) is 39.8 Å². The van der Waals surface area contributed by atoms with Gasteiger partial charge in [-0.1, -0.05) is 64.4 Å². The van der Waals surface area contributed by atoms with Crippen molar-refractivity contribution in [1.82, 2.24) is 15.1 Å². The topological polar surface area (TPSA) is 208 Å². The first-order valence-corrected chi connectivity index (χ1v) is 20.1. The molecule has 14 atom stereocenters. The van der Waals surface area contributed by atoms with E-state index < -0.39 is 96.0 Å². The predicted molar refractivity (Wildman–Crippen MR) is 208 cm³/mol. The zero-order valence-electron chi connectivity index (χ0n) is 35.0. The fourth-order valence-corrected chi connectivity index (χ4v) is 8.38. The molecule has 0 saturated carbocycles. The van der Waals surface area contributed by atoms with Crippen molar-refractivity contribution < 1.29 is 58.9 Å². The van der Waals surface area contributed by atoms with E-state index in [0.29, 0.717) is 19.4 Å². The van der Waals surface area contributed by atoms with Crippen LogP contribution in [0.15, 0.2) is 30.3 Å². The Balaban J connectivity index is 1.87. The molecule has 1 aromatic rings.